The molecule has 2 heterocycles. The van der Waals surface area contributed by atoms with E-state index in [4.69, 9.17) is 4.74 Å². The lowest BCUT2D eigenvalue weighted by atomic mass is 9.95. The van der Waals surface area contributed by atoms with Gasteiger partial charge in [-0.15, -0.1) is 11.3 Å². The molecule has 1 amide bonds. The van der Waals surface area contributed by atoms with Crippen LogP contribution in [0.15, 0.2) is 54.6 Å². The molecule has 35 heavy (non-hydrogen) atoms. The molecule has 0 spiro atoms. The Kier molecular flexibility index (Phi) is 6.26. The fraction of sp³-hybridized carbons (Fsp3) is 0.250. The first kappa shape index (κ1) is 23.1. The minimum Gasteiger partial charge on any atom is -0.462 e. The van der Waals surface area contributed by atoms with Crippen LogP contribution in [-0.4, -0.2) is 28.8 Å². The Morgan fingerprint density at radius 1 is 0.971 bits per heavy atom. The lowest BCUT2D eigenvalue weighted by Crippen LogP contribution is -2.24. The van der Waals surface area contributed by atoms with E-state index in [2.05, 4.69) is 5.32 Å². The van der Waals surface area contributed by atoms with Gasteiger partial charge in [0.25, 0.3) is 11.7 Å². The van der Waals surface area contributed by atoms with Crippen LogP contribution in [0.1, 0.15) is 50.9 Å². The van der Waals surface area contributed by atoms with Gasteiger partial charge in [0, 0.05) is 22.8 Å². The van der Waals surface area contributed by atoms with E-state index in [0.717, 1.165) is 47.2 Å². The van der Waals surface area contributed by atoms with Crippen molar-refractivity contribution in [3.05, 3.63) is 76.2 Å². The number of nitrogens with zero attached hydrogens (tertiary/aromatic N) is 1. The molecule has 1 aliphatic rings. The number of ether oxygens (including phenoxy) is 1. The molecule has 0 fully saturated rings. The average molecular weight is 487 g/mol. The molecule has 1 aliphatic carbocycles. The number of benzene rings is 2. The number of carbonyl (C=O) groups excluding carboxylic acids is 3. The van der Waals surface area contributed by atoms with Crippen LogP contribution < -0.4 is 5.32 Å². The number of nitrogens with one attached hydrogen (secondary N) is 1. The maximum Gasteiger partial charge on any atom is 0.341 e. The Labute approximate surface area is 207 Å². The zero-order valence-electron chi connectivity index (χ0n) is 19.7. The lowest BCUT2D eigenvalue weighted by Gasteiger charge is -2.12. The second-order valence-corrected chi connectivity index (χ2v) is 9.69. The van der Waals surface area contributed by atoms with Crippen molar-refractivity contribution in [1.29, 1.82) is 0 Å². The van der Waals surface area contributed by atoms with E-state index < -0.39 is 17.7 Å². The molecule has 0 aliphatic heterocycles. The maximum atomic E-state index is 13.7. The number of anilines is 1. The highest BCUT2D eigenvalue weighted by Crippen LogP contribution is 2.39. The van der Waals surface area contributed by atoms with Crippen molar-refractivity contribution in [3.8, 4) is 11.3 Å². The summed E-state index contributed by atoms with van der Waals surface area (Å²) in [5.41, 5.74) is 4.09. The zero-order chi connectivity index (χ0) is 24.5. The smallest absolute Gasteiger partial charge is 0.341 e. The molecule has 0 unspecified atom stereocenters. The minimum atomic E-state index is -0.761. The number of para-hydroxylation sites is 1. The number of thiophene rings is 1. The molecule has 0 saturated carbocycles. The number of hydrogen-bond acceptors (Lipinski definition) is 5. The van der Waals surface area contributed by atoms with E-state index in [0.29, 0.717) is 27.2 Å². The summed E-state index contributed by atoms with van der Waals surface area (Å²) < 4.78 is 7.23. The fourth-order valence-electron chi connectivity index (χ4n) is 4.90. The first-order chi connectivity index (χ1) is 17.0. The quantitative estimate of drug-likeness (QED) is 0.213. The van der Waals surface area contributed by atoms with Crippen molar-refractivity contribution < 1.29 is 19.1 Å². The van der Waals surface area contributed by atoms with Crippen LogP contribution in [0.3, 0.4) is 0 Å². The molecule has 4 aromatic rings. The van der Waals surface area contributed by atoms with Gasteiger partial charge in [-0.1, -0.05) is 48.5 Å². The van der Waals surface area contributed by atoms with E-state index in [1.54, 1.807) is 6.92 Å². The number of fused-ring (bicyclic) bond motifs is 2. The Morgan fingerprint density at radius 3 is 2.46 bits per heavy atom. The highest BCUT2D eigenvalue weighted by atomic mass is 32.1. The van der Waals surface area contributed by atoms with Crippen LogP contribution >= 0.6 is 11.3 Å². The molecule has 1 N–H and O–H groups in total. The summed E-state index contributed by atoms with van der Waals surface area (Å²) >= 11 is 1.38. The fourth-order valence-corrected chi connectivity index (χ4v) is 6.18. The Bertz CT molecular complexity index is 1450. The highest BCUT2D eigenvalue weighted by molar-refractivity contribution is 7.17. The molecule has 7 heteroatoms. The van der Waals surface area contributed by atoms with Crippen molar-refractivity contribution in [2.45, 2.75) is 32.6 Å². The van der Waals surface area contributed by atoms with E-state index >= 15 is 0 Å². The number of aryl methyl sites for hydroxylation is 2. The third kappa shape index (κ3) is 4.06. The van der Waals surface area contributed by atoms with Gasteiger partial charge in [0.15, 0.2) is 0 Å². The molecule has 0 atom stereocenters. The van der Waals surface area contributed by atoms with Crippen LogP contribution in [0.4, 0.5) is 5.00 Å². The first-order valence-corrected chi connectivity index (χ1v) is 12.6. The molecular weight excluding hydrogens is 460 g/mol. The minimum absolute atomic E-state index is 0.242. The monoisotopic (exact) mass is 486 g/mol. The topological polar surface area (TPSA) is 77.4 Å². The van der Waals surface area contributed by atoms with E-state index in [9.17, 15) is 14.4 Å². The lowest BCUT2D eigenvalue weighted by molar-refractivity contribution is -0.112. The van der Waals surface area contributed by atoms with Gasteiger partial charge >= 0.3 is 5.97 Å². The molecule has 0 bridgehead atoms. The molecule has 6 nitrogen and oxygen atoms in total. The number of carbonyl (C=O) groups is 3. The van der Waals surface area contributed by atoms with E-state index in [1.807, 2.05) is 66.2 Å². The largest absolute Gasteiger partial charge is 0.462 e. The second kappa shape index (κ2) is 9.50. The Balaban J connectivity index is 1.57. The third-order valence-electron chi connectivity index (χ3n) is 6.47. The third-order valence-corrected chi connectivity index (χ3v) is 7.67. The molecule has 2 aromatic heterocycles. The number of aromatic nitrogens is 1. The predicted octanol–water partition coefficient (Wildman–Crippen LogP) is 5.78. The Morgan fingerprint density at radius 2 is 1.69 bits per heavy atom. The molecule has 5 rings (SSSR count). The van der Waals surface area contributed by atoms with Crippen LogP contribution in [0, 0.1) is 0 Å². The second-order valence-electron chi connectivity index (χ2n) is 8.58. The number of rotatable bonds is 6. The summed E-state index contributed by atoms with van der Waals surface area (Å²) in [6.45, 7) is 2.00. The van der Waals surface area contributed by atoms with Crippen LogP contribution in [-0.2, 0) is 29.4 Å². The predicted molar refractivity (Wildman–Crippen MR) is 138 cm³/mol. The van der Waals surface area contributed by atoms with Crippen LogP contribution in [0.25, 0.3) is 22.2 Å². The van der Waals surface area contributed by atoms with Crippen molar-refractivity contribution in [2.75, 3.05) is 11.9 Å². The summed E-state index contributed by atoms with van der Waals surface area (Å²) in [5.74, 6) is -1.85. The van der Waals surface area contributed by atoms with Crippen molar-refractivity contribution >= 4 is 44.9 Å². The number of Topliss-reactive ketones (excluding diaryl/α,β-unsaturated/α-hetero) is 1. The van der Waals surface area contributed by atoms with Gasteiger partial charge in [-0.2, -0.15) is 0 Å². The Hall–Kier alpha value is -3.71. The highest BCUT2D eigenvalue weighted by Gasteiger charge is 2.31. The van der Waals surface area contributed by atoms with Crippen molar-refractivity contribution in [2.24, 2.45) is 7.05 Å². The zero-order valence-corrected chi connectivity index (χ0v) is 20.5. The summed E-state index contributed by atoms with van der Waals surface area (Å²) in [6.07, 6.45) is 3.65. The summed E-state index contributed by atoms with van der Waals surface area (Å²) in [6, 6.07) is 17.1. The van der Waals surface area contributed by atoms with Gasteiger partial charge in [0.2, 0.25) is 0 Å². The van der Waals surface area contributed by atoms with Gasteiger partial charge < -0.3 is 14.6 Å². The number of amides is 1. The van der Waals surface area contributed by atoms with Gasteiger partial charge in [0.1, 0.15) is 5.00 Å². The molecule has 178 valence electrons. The average Bonchev–Trinajstić information content (AvgIpc) is 3.39. The van der Waals surface area contributed by atoms with E-state index in [-0.39, 0.29) is 6.61 Å². The van der Waals surface area contributed by atoms with Crippen LogP contribution in [0.5, 0.6) is 0 Å². The van der Waals surface area contributed by atoms with Gasteiger partial charge in [0.05, 0.1) is 23.4 Å². The molecule has 0 saturated heterocycles. The first-order valence-electron chi connectivity index (χ1n) is 11.8. The number of hydrogen-bond donors (Lipinski definition) is 1. The van der Waals surface area contributed by atoms with Crippen molar-refractivity contribution in [3.63, 3.8) is 0 Å². The van der Waals surface area contributed by atoms with Crippen LogP contribution in [0.2, 0.25) is 0 Å². The number of ketones is 1. The normalized spacial score (nSPS) is 12.9. The van der Waals surface area contributed by atoms with Gasteiger partial charge in [-0.3, -0.25) is 9.59 Å². The number of esters is 1. The van der Waals surface area contributed by atoms with E-state index in [1.165, 1.54) is 11.3 Å². The maximum absolute atomic E-state index is 13.7. The van der Waals surface area contributed by atoms with Gasteiger partial charge in [-0.05, 0) is 49.8 Å². The SMILES string of the molecule is CCOC(=O)c1c(NC(=O)C(=O)c2c(-c3ccccc3)n(C)c3ccccc23)sc2c1CCCC2. The standard InChI is InChI=1S/C28H26N2O4S/c1-3-34-28(33)23-19-14-8-10-16-21(19)35-27(23)29-26(32)25(31)22-18-13-7-9-15-20(18)30(2)24(22)17-11-5-4-6-12-17/h4-7,9,11-13,15H,3,8,10,14,16H2,1-2H3,(H,29,32). The van der Waals surface area contributed by atoms with Gasteiger partial charge in [-0.25, -0.2) is 4.79 Å². The summed E-state index contributed by atoms with van der Waals surface area (Å²) in [4.78, 5) is 40.9. The van der Waals surface area contributed by atoms with Crippen molar-refractivity contribution in [1.82, 2.24) is 4.57 Å². The molecule has 2 aromatic carbocycles. The molecule has 0 radical (unpaired) electrons. The summed E-state index contributed by atoms with van der Waals surface area (Å²) in [7, 11) is 1.89. The summed E-state index contributed by atoms with van der Waals surface area (Å²) in [5, 5.41) is 3.89. The molecular formula is C28H26N2O4S.